The lowest BCUT2D eigenvalue weighted by Gasteiger charge is -2.26. The van der Waals surface area contributed by atoms with Gasteiger partial charge in [-0.2, -0.15) is 0 Å². The lowest BCUT2D eigenvalue weighted by molar-refractivity contribution is 0.0993. The molecule has 1 heterocycles. The minimum Gasteiger partial charge on any atom is -0.507 e. The average Bonchev–Trinajstić information content (AvgIpc) is 3.28. The van der Waals surface area contributed by atoms with E-state index in [1.54, 1.807) is 42.3 Å². The van der Waals surface area contributed by atoms with Crippen molar-refractivity contribution in [3.8, 4) is 11.5 Å². The molecule has 0 fully saturated rings. The van der Waals surface area contributed by atoms with E-state index in [9.17, 15) is 9.90 Å². The summed E-state index contributed by atoms with van der Waals surface area (Å²) in [5.74, 6) is 1.06. The van der Waals surface area contributed by atoms with Crippen molar-refractivity contribution in [3.63, 3.8) is 0 Å². The van der Waals surface area contributed by atoms with Crippen LogP contribution in [0.5, 0.6) is 11.5 Å². The molecule has 0 aromatic heterocycles. The van der Waals surface area contributed by atoms with E-state index in [-0.39, 0.29) is 11.3 Å². The van der Waals surface area contributed by atoms with Crippen LogP contribution in [0.15, 0.2) is 131 Å². The largest absolute Gasteiger partial charge is 0.507 e. The maximum atomic E-state index is 14.5. The number of carbonyl (C=O) groups excluding carboxylic acids is 1. The molecule has 1 amide bonds. The molecule has 0 radical (unpaired) electrons. The van der Waals surface area contributed by atoms with Crippen LogP contribution in [0.4, 0.5) is 5.69 Å². The number of carbonyl (C=O) groups is 1. The van der Waals surface area contributed by atoms with Crippen molar-refractivity contribution in [2.24, 2.45) is 4.99 Å². The molecule has 4 aromatic carbocycles. The third-order valence-corrected chi connectivity index (χ3v) is 6.64. The standard InChI is InChI=1S/C36H34N2O4/c1-36(2,3)37-34-33(30(23-25-13-7-5-8-14-25)32(42-34)24-26-15-9-6-10-16-26)38(27-19-21-28(41-4)22-20-27)35(40)29-17-11-12-18-31(29)39/h5-22,24,39H,23H2,1-4H3/b32-24-,37-34?. The number of para-hydroxylation sites is 1. The Morgan fingerprint density at radius 1 is 0.881 bits per heavy atom. The van der Waals surface area contributed by atoms with Gasteiger partial charge >= 0.3 is 0 Å². The molecular weight excluding hydrogens is 524 g/mol. The summed E-state index contributed by atoms with van der Waals surface area (Å²) in [6.45, 7) is 5.96. The smallest absolute Gasteiger partial charge is 0.266 e. The number of benzene rings is 4. The van der Waals surface area contributed by atoms with Crippen LogP contribution in [0.25, 0.3) is 6.08 Å². The number of anilines is 1. The number of phenols is 1. The van der Waals surface area contributed by atoms with Gasteiger partial charge in [-0.15, -0.1) is 0 Å². The summed E-state index contributed by atoms with van der Waals surface area (Å²) in [5, 5.41) is 10.7. The molecule has 0 saturated carbocycles. The molecule has 6 nitrogen and oxygen atoms in total. The third-order valence-electron chi connectivity index (χ3n) is 6.64. The maximum Gasteiger partial charge on any atom is 0.266 e. The van der Waals surface area contributed by atoms with Crippen LogP contribution < -0.4 is 9.64 Å². The minimum absolute atomic E-state index is 0.112. The molecule has 0 saturated heterocycles. The van der Waals surface area contributed by atoms with E-state index in [1.807, 2.05) is 99.6 Å². The maximum absolute atomic E-state index is 14.5. The lowest BCUT2D eigenvalue weighted by atomic mass is 9.99. The van der Waals surface area contributed by atoms with Crippen LogP contribution >= 0.6 is 0 Å². The van der Waals surface area contributed by atoms with E-state index in [0.29, 0.717) is 35.2 Å². The molecule has 4 aromatic rings. The summed E-state index contributed by atoms with van der Waals surface area (Å²) >= 11 is 0. The Balaban J connectivity index is 1.81. The highest BCUT2D eigenvalue weighted by molar-refractivity contribution is 6.17. The zero-order chi connectivity index (χ0) is 29.7. The molecule has 42 heavy (non-hydrogen) atoms. The van der Waals surface area contributed by atoms with Gasteiger partial charge in [0.15, 0.2) is 0 Å². The lowest BCUT2D eigenvalue weighted by Crippen LogP contribution is -2.34. The Labute approximate surface area is 246 Å². The van der Waals surface area contributed by atoms with Gasteiger partial charge in [-0.3, -0.25) is 9.69 Å². The first-order chi connectivity index (χ1) is 20.2. The molecule has 0 bridgehead atoms. The van der Waals surface area contributed by atoms with Gasteiger partial charge in [-0.25, -0.2) is 4.99 Å². The fourth-order valence-electron chi connectivity index (χ4n) is 4.71. The van der Waals surface area contributed by atoms with Gasteiger partial charge in [0.1, 0.15) is 23.0 Å². The van der Waals surface area contributed by atoms with Gasteiger partial charge in [-0.1, -0.05) is 72.8 Å². The van der Waals surface area contributed by atoms with Crippen molar-refractivity contribution in [1.82, 2.24) is 0 Å². The van der Waals surface area contributed by atoms with Crippen molar-refractivity contribution >= 4 is 23.6 Å². The van der Waals surface area contributed by atoms with E-state index < -0.39 is 11.4 Å². The van der Waals surface area contributed by atoms with Gasteiger partial charge < -0.3 is 14.6 Å². The highest BCUT2D eigenvalue weighted by Gasteiger charge is 2.38. The van der Waals surface area contributed by atoms with Crippen LogP contribution in [0.1, 0.15) is 42.3 Å². The van der Waals surface area contributed by atoms with Gasteiger partial charge in [0.25, 0.3) is 5.91 Å². The predicted molar refractivity (Wildman–Crippen MR) is 168 cm³/mol. The van der Waals surface area contributed by atoms with Crippen molar-refractivity contribution < 1.29 is 19.4 Å². The van der Waals surface area contributed by atoms with Crippen molar-refractivity contribution in [2.75, 3.05) is 12.0 Å². The molecular formula is C36H34N2O4. The zero-order valence-electron chi connectivity index (χ0n) is 24.2. The SMILES string of the molecule is COc1ccc(N(C(=O)c2ccccc2O)C2=C(Cc3ccccc3)/C(=C/c3ccccc3)OC2=NC(C)(C)C)cc1. The van der Waals surface area contributed by atoms with E-state index in [0.717, 1.165) is 16.7 Å². The first-order valence-corrected chi connectivity index (χ1v) is 13.8. The van der Waals surface area contributed by atoms with Gasteiger partial charge in [0.05, 0.1) is 18.2 Å². The first kappa shape index (κ1) is 28.4. The van der Waals surface area contributed by atoms with Crippen molar-refractivity contribution in [1.29, 1.82) is 0 Å². The summed E-state index contributed by atoms with van der Waals surface area (Å²) in [5.41, 5.74) is 3.56. The second-order valence-electron chi connectivity index (χ2n) is 11.0. The molecule has 6 heteroatoms. The molecule has 1 N–H and O–H groups in total. The number of nitrogens with zero attached hydrogens (tertiary/aromatic N) is 2. The number of hydrogen-bond donors (Lipinski definition) is 1. The first-order valence-electron chi connectivity index (χ1n) is 13.8. The number of amides is 1. The van der Waals surface area contributed by atoms with Gasteiger partial charge in [-0.05, 0) is 74.4 Å². The van der Waals surface area contributed by atoms with Gasteiger partial charge in [0, 0.05) is 17.7 Å². The average molecular weight is 559 g/mol. The molecule has 1 aliphatic heterocycles. The van der Waals surface area contributed by atoms with Crippen LogP contribution in [0.3, 0.4) is 0 Å². The van der Waals surface area contributed by atoms with E-state index in [1.165, 1.54) is 6.07 Å². The summed E-state index contributed by atoms with van der Waals surface area (Å²) in [7, 11) is 1.60. The summed E-state index contributed by atoms with van der Waals surface area (Å²) in [4.78, 5) is 21.0. The topological polar surface area (TPSA) is 71.4 Å². The minimum atomic E-state index is -0.510. The Hall–Kier alpha value is -5.10. The molecule has 0 aliphatic carbocycles. The highest BCUT2D eigenvalue weighted by atomic mass is 16.5. The van der Waals surface area contributed by atoms with Crippen molar-refractivity contribution in [2.45, 2.75) is 32.7 Å². The number of phenolic OH excluding ortho intramolecular Hbond substituents is 1. The van der Waals surface area contributed by atoms with Crippen LogP contribution in [0.2, 0.25) is 0 Å². The van der Waals surface area contributed by atoms with Crippen LogP contribution in [-0.2, 0) is 11.2 Å². The molecule has 0 unspecified atom stereocenters. The fraction of sp³-hybridized carbons (Fsp3) is 0.167. The number of allylic oxidation sites excluding steroid dienone is 1. The molecule has 5 rings (SSSR count). The predicted octanol–water partition coefficient (Wildman–Crippen LogP) is 7.81. The zero-order valence-corrected chi connectivity index (χ0v) is 24.2. The molecule has 0 atom stereocenters. The Morgan fingerprint density at radius 3 is 2.12 bits per heavy atom. The third kappa shape index (κ3) is 6.44. The monoisotopic (exact) mass is 558 g/mol. The van der Waals surface area contributed by atoms with Crippen LogP contribution in [-0.4, -0.2) is 29.6 Å². The Bertz CT molecular complexity index is 1650. The Morgan fingerprint density at radius 2 is 1.50 bits per heavy atom. The van der Waals surface area contributed by atoms with E-state index in [4.69, 9.17) is 14.5 Å². The van der Waals surface area contributed by atoms with Gasteiger partial charge in [0.2, 0.25) is 5.90 Å². The normalized spacial score (nSPS) is 15.1. The summed E-state index contributed by atoms with van der Waals surface area (Å²) in [6, 6.07) is 33.7. The number of aromatic hydroxyl groups is 1. The van der Waals surface area contributed by atoms with Crippen molar-refractivity contribution in [3.05, 3.63) is 143 Å². The Kier molecular flexibility index (Phi) is 8.25. The molecule has 212 valence electrons. The molecule has 1 aliphatic rings. The van der Waals surface area contributed by atoms with Crippen LogP contribution in [0, 0.1) is 0 Å². The summed E-state index contributed by atoms with van der Waals surface area (Å²) in [6.07, 6.45) is 2.46. The fourth-order valence-corrected chi connectivity index (χ4v) is 4.71. The highest BCUT2D eigenvalue weighted by Crippen LogP contribution is 2.38. The number of hydrogen-bond acceptors (Lipinski definition) is 5. The number of aliphatic imine (C=N–C) groups is 1. The number of ether oxygens (including phenoxy) is 2. The second kappa shape index (κ2) is 12.2. The van der Waals surface area contributed by atoms with E-state index in [2.05, 4.69) is 0 Å². The second-order valence-corrected chi connectivity index (χ2v) is 11.0. The quantitative estimate of drug-likeness (QED) is 0.251. The number of rotatable bonds is 7. The summed E-state index contributed by atoms with van der Waals surface area (Å²) < 4.78 is 12.0. The van der Waals surface area contributed by atoms with E-state index >= 15 is 0 Å². The molecule has 0 spiro atoms. The number of methoxy groups -OCH3 is 1.